The van der Waals surface area contributed by atoms with E-state index in [1.54, 1.807) is 25.1 Å². The molecule has 4 nitrogen and oxygen atoms in total. The highest BCUT2D eigenvalue weighted by Crippen LogP contribution is 2.20. The summed E-state index contributed by atoms with van der Waals surface area (Å²) in [5.41, 5.74) is 1.29. The second kappa shape index (κ2) is 6.49. The Balaban J connectivity index is 2.06. The Bertz CT molecular complexity index is 704. The molecule has 21 heavy (non-hydrogen) atoms. The maximum absolute atomic E-state index is 13.4. The van der Waals surface area contributed by atoms with E-state index in [1.807, 2.05) is 6.07 Å². The predicted octanol–water partition coefficient (Wildman–Crippen LogP) is 3.47. The highest BCUT2D eigenvalue weighted by molar-refractivity contribution is 9.10. The van der Waals surface area contributed by atoms with Gasteiger partial charge in [-0.05, 0) is 42.8 Å². The third kappa shape index (κ3) is 3.88. The molecule has 108 valence electrons. The summed E-state index contributed by atoms with van der Waals surface area (Å²) in [7, 11) is 0. The number of benzene rings is 2. The molecule has 0 saturated carbocycles. The summed E-state index contributed by atoms with van der Waals surface area (Å²) in [4.78, 5) is 23.6. The Hall–Kier alpha value is -2.21. The van der Waals surface area contributed by atoms with Gasteiger partial charge in [-0.3, -0.25) is 9.59 Å². The van der Waals surface area contributed by atoms with Crippen LogP contribution in [0.1, 0.15) is 5.56 Å². The Morgan fingerprint density at radius 1 is 1.00 bits per heavy atom. The number of anilines is 2. The van der Waals surface area contributed by atoms with Gasteiger partial charge in [-0.1, -0.05) is 28.1 Å². The molecule has 0 heterocycles. The van der Waals surface area contributed by atoms with Crippen LogP contribution in [-0.2, 0) is 9.59 Å². The zero-order valence-corrected chi connectivity index (χ0v) is 12.7. The fourth-order valence-electron chi connectivity index (χ4n) is 1.69. The molecular formula is C15H12BrFN2O2. The van der Waals surface area contributed by atoms with Gasteiger partial charge in [0.15, 0.2) is 0 Å². The van der Waals surface area contributed by atoms with Gasteiger partial charge < -0.3 is 10.6 Å². The van der Waals surface area contributed by atoms with Crippen LogP contribution in [0.4, 0.5) is 15.8 Å². The number of aryl methyl sites for hydroxylation is 1. The minimum absolute atomic E-state index is 0.0369. The number of nitrogens with one attached hydrogen (secondary N) is 2. The molecule has 0 aliphatic heterocycles. The fraction of sp³-hybridized carbons (Fsp3) is 0.0667. The van der Waals surface area contributed by atoms with Crippen molar-refractivity contribution in [2.45, 2.75) is 6.92 Å². The second-order valence-corrected chi connectivity index (χ2v) is 5.26. The molecule has 2 aromatic carbocycles. The van der Waals surface area contributed by atoms with Crippen molar-refractivity contribution >= 4 is 39.1 Å². The average molecular weight is 351 g/mol. The number of hydrogen-bond acceptors (Lipinski definition) is 2. The number of carbonyl (C=O) groups excluding carboxylic acids is 2. The van der Waals surface area contributed by atoms with Crippen molar-refractivity contribution in [3.63, 3.8) is 0 Å². The predicted molar refractivity (Wildman–Crippen MR) is 82.5 cm³/mol. The molecule has 0 aliphatic rings. The first kappa shape index (κ1) is 15.2. The van der Waals surface area contributed by atoms with Crippen LogP contribution in [0.5, 0.6) is 0 Å². The molecule has 2 aromatic rings. The maximum atomic E-state index is 13.4. The third-order valence-corrected chi connectivity index (χ3v) is 3.26. The minimum Gasteiger partial charge on any atom is -0.318 e. The van der Waals surface area contributed by atoms with Crippen molar-refractivity contribution in [3.05, 3.63) is 58.3 Å². The van der Waals surface area contributed by atoms with Crippen LogP contribution in [0.15, 0.2) is 46.9 Å². The van der Waals surface area contributed by atoms with Crippen LogP contribution >= 0.6 is 15.9 Å². The molecule has 0 aromatic heterocycles. The number of carbonyl (C=O) groups is 2. The van der Waals surface area contributed by atoms with E-state index in [0.29, 0.717) is 5.69 Å². The van der Waals surface area contributed by atoms with E-state index in [1.165, 1.54) is 18.2 Å². The summed E-state index contributed by atoms with van der Waals surface area (Å²) in [6, 6.07) is 10.9. The van der Waals surface area contributed by atoms with Gasteiger partial charge >= 0.3 is 11.8 Å². The Morgan fingerprint density at radius 3 is 2.24 bits per heavy atom. The van der Waals surface area contributed by atoms with Crippen LogP contribution in [0.2, 0.25) is 0 Å². The van der Waals surface area contributed by atoms with Crippen molar-refractivity contribution < 1.29 is 14.0 Å². The van der Waals surface area contributed by atoms with Crippen molar-refractivity contribution in [2.75, 3.05) is 10.6 Å². The summed E-state index contributed by atoms with van der Waals surface area (Å²) in [6.45, 7) is 1.80. The summed E-state index contributed by atoms with van der Waals surface area (Å²) < 4.78 is 14.3. The zero-order valence-electron chi connectivity index (χ0n) is 11.1. The van der Waals surface area contributed by atoms with Crippen molar-refractivity contribution in [1.29, 1.82) is 0 Å². The van der Waals surface area contributed by atoms with E-state index in [0.717, 1.165) is 10.0 Å². The number of halogens is 2. The Labute approximate surface area is 129 Å². The van der Waals surface area contributed by atoms with Gasteiger partial charge in [0.25, 0.3) is 0 Å². The first-order valence-electron chi connectivity index (χ1n) is 6.10. The van der Waals surface area contributed by atoms with E-state index in [2.05, 4.69) is 26.6 Å². The zero-order chi connectivity index (χ0) is 15.4. The summed E-state index contributed by atoms with van der Waals surface area (Å²) in [5.74, 6) is -2.38. The number of amides is 2. The van der Waals surface area contributed by atoms with E-state index in [4.69, 9.17) is 0 Å². The summed E-state index contributed by atoms with van der Waals surface area (Å²) in [5, 5.41) is 4.71. The first-order valence-corrected chi connectivity index (χ1v) is 6.89. The quantitative estimate of drug-likeness (QED) is 0.814. The Kier molecular flexibility index (Phi) is 4.70. The molecule has 2 N–H and O–H groups in total. The fourth-order valence-corrected chi connectivity index (χ4v) is 2.16. The maximum Gasteiger partial charge on any atom is 0.314 e. The van der Waals surface area contributed by atoms with Crippen molar-refractivity contribution in [3.8, 4) is 0 Å². The molecule has 0 fully saturated rings. The van der Waals surface area contributed by atoms with Gasteiger partial charge in [-0.2, -0.15) is 0 Å². The van der Waals surface area contributed by atoms with E-state index >= 15 is 0 Å². The highest BCUT2D eigenvalue weighted by atomic mass is 79.9. The Morgan fingerprint density at radius 2 is 1.62 bits per heavy atom. The lowest BCUT2D eigenvalue weighted by atomic mass is 10.2. The van der Waals surface area contributed by atoms with Gasteiger partial charge in [0.05, 0.1) is 5.69 Å². The molecule has 0 spiro atoms. The lowest BCUT2D eigenvalue weighted by molar-refractivity contribution is -0.133. The second-order valence-electron chi connectivity index (χ2n) is 4.35. The number of para-hydroxylation sites is 1. The minimum atomic E-state index is -0.928. The SMILES string of the molecule is Cc1cc(Br)ccc1NC(=O)C(=O)Nc1ccccc1F. The summed E-state index contributed by atoms with van der Waals surface area (Å²) >= 11 is 3.31. The van der Waals surface area contributed by atoms with Crippen LogP contribution in [0.3, 0.4) is 0 Å². The molecule has 0 unspecified atom stereocenters. The van der Waals surface area contributed by atoms with E-state index < -0.39 is 17.6 Å². The molecule has 0 atom stereocenters. The van der Waals surface area contributed by atoms with Crippen LogP contribution in [0.25, 0.3) is 0 Å². The normalized spacial score (nSPS) is 10.0. The topological polar surface area (TPSA) is 58.2 Å². The largest absolute Gasteiger partial charge is 0.318 e. The van der Waals surface area contributed by atoms with Gasteiger partial charge in [-0.25, -0.2) is 4.39 Å². The molecular weight excluding hydrogens is 339 g/mol. The summed E-state index contributed by atoms with van der Waals surface area (Å²) in [6.07, 6.45) is 0. The van der Waals surface area contributed by atoms with E-state index in [-0.39, 0.29) is 5.69 Å². The van der Waals surface area contributed by atoms with Gasteiger partial charge in [0.1, 0.15) is 5.82 Å². The van der Waals surface area contributed by atoms with Gasteiger partial charge in [0, 0.05) is 10.2 Å². The molecule has 6 heteroatoms. The molecule has 0 radical (unpaired) electrons. The average Bonchev–Trinajstić information content (AvgIpc) is 2.44. The monoisotopic (exact) mass is 350 g/mol. The lowest BCUT2D eigenvalue weighted by Crippen LogP contribution is -2.29. The molecule has 0 saturated heterocycles. The molecule has 2 amide bonds. The highest BCUT2D eigenvalue weighted by Gasteiger charge is 2.16. The van der Waals surface area contributed by atoms with Crippen molar-refractivity contribution in [1.82, 2.24) is 0 Å². The van der Waals surface area contributed by atoms with Gasteiger partial charge in [-0.15, -0.1) is 0 Å². The van der Waals surface area contributed by atoms with Gasteiger partial charge in [0.2, 0.25) is 0 Å². The van der Waals surface area contributed by atoms with Crippen LogP contribution in [0, 0.1) is 12.7 Å². The smallest absolute Gasteiger partial charge is 0.314 e. The van der Waals surface area contributed by atoms with E-state index in [9.17, 15) is 14.0 Å². The van der Waals surface area contributed by atoms with Crippen LogP contribution < -0.4 is 10.6 Å². The molecule has 0 aliphatic carbocycles. The number of rotatable bonds is 2. The first-order chi connectivity index (χ1) is 9.97. The lowest BCUT2D eigenvalue weighted by Gasteiger charge is -2.09. The van der Waals surface area contributed by atoms with Crippen molar-refractivity contribution in [2.24, 2.45) is 0 Å². The van der Waals surface area contributed by atoms with Crippen LogP contribution in [-0.4, -0.2) is 11.8 Å². The number of hydrogen-bond donors (Lipinski definition) is 2. The standard InChI is InChI=1S/C15H12BrFN2O2/c1-9-8-10(16)6-7-12(9)18-14(20)15(21)19-13-5-3-2-4-11(13)17/h2-8H,1H3,(H,18,20)(H,19,21). The molecule has 2 rings (SSSR count). The molecule has 0 bridgehead atoms. The third-order valence-electron chi connectivity index (χ3n) is 2.76.